The summed E-state index contributed by atoms with van der Waals surface area (Å²) in [5, 5.41) is 8.04. The van der Waals surface area contributed by atoms with Gasteiger partial charge >= 0.3 is 0 Å². The van der Waals surface area contributed by atoms with Crippen molar-refractivity contribution in [3.05, 3.63) is 59.1 Å². The molecule has 1 aromatic carbocycles. The van der Waals surface area contributed by atoms with Crippen LogP contribution in [0.25, 0.3) is 11.6 Å². The molecule has 111 valence electrons. The van der Waals surface area contributed by atoms with Crippen LogP contribution in [0.15, 0.2) is 34.7 Å². The lowest BCUT2D eigenvalue weighted by Gasteiger charge is -2.08. The quantitative estimate of drug-likeness (QED) is 0.744. The number of aryl methyl sites for hydroxylation is 3. The summed E-state index contributed by atoms with van der Waals surface area (Å²) in [6, 6.07) is 12.3. The van der Waals surface area contributed by atoms with E-state index in [1.165, 1.54) is 0 Å². The lowest BCUT2D eigenvalue weighted by Crippen LogP contribution is -2.15. The van der Waals surface area contributed by atoms with Gasteiger partial charge in [0.1, 0.15) is 5.69 Å². The fourth-order valence-electron chi connectivity index (χ4n) is 2.43. The summed E-state index contributed by atoms with van der Waals surface area (Å²) in [4.78, 5) is 12.8. The zero-order valence-electron chi connectivity index (χ0n) is 12.8. The van der Waals surface area contributed by atoms with E-state index in [-0.39, 0.29) is 5.91 Å². The van der Waals surface area contributed by atoms with Crippen molar-refractivity contribution in [1.29, 1.82) is 0 Å². The number of nitrogens with zero attached hydrogens (tertiary/aromatic N) is 3. The predicted molar refractivity (Wildman–Crippen MR) is 81.6 cm³/mol. The molecule has 3 rings (SSSR count). The maximum atomic E-state index is 12.8. The largest absolute Gasteiger partial charge is 0.419 e. The third-order valence-corrected chi connectivity index (χ3v) is 3.48. The van der Waals surface area contributed by atoms with Crippen LogP contribution in [0.1, 0.15) is 34.4 Å². The van der Waals surface area contributed by atoms with E-state index in [9.17, 15) is 4.79 Å². The molecule has 0 saturated heterocycles. The minimum Gasteiger partial charge on any atom is -0.419 e. The Hall–Kier alpha value is -2.69. The summed E-state index contributed by atoms with van der Waals surface area (Å²) in [6.07, 6.45) is 0.655. The Kier molecular flexibility index (Phi) is 3.63. The van der Waals surface area contributed by atoms with Crippen LogP contribution in [-0.2, 0) is 6.42 Å². The number of hydrogen-bond acceptors (Lipinski definition) is 4. The maximum absolute atomic E-state index is 12.8. The van der Waals surface area contributed by atoms with Crippen molar-refractivity contribution in [2.24, 2.45) is 0 Å². The average Bonchev–Trinajstić information content (AvgIpc) is 3.11. The summed E-state index contributed by atoms with van der Waals surface area (Å²) in [7, 11) is 0. The highest BCUT2D eigenvalue weighted by Crippen LogP contribution is 2.26. The first kappa shape index (κ1) is 14.3. The molecule has 2 aromatic heterocycles. The van der Waals surface area contributed by atoms with Gasteiger partial charge in [-0.1, -0.05) is 25.1 Å². The van der Waals surface area contributed by atoms with Gasteiger partial charge in [-0.2, -0.15) is 0 Å². The highest BCUT2D eigenvalue weighted by Gasteiger charge is 2.22. The summed E-state index contributed by atoms with van der Waals surface area (Å²) < 4.78 is 7.21. The third-order valence-electron chi connectivity index (χ3n) is 3.48. The van der Waals surface area contributed by atoms with Gasteiger partial charge in [-0.3, -0.25) is 9.36 Å². The van der Waals surface area contributed by atoms with Crippen LogP contribution in [0.3, 0.4) is 0 Å². The van der Waals surface area contributed by atoms with E-state index in [2.05, 4.69) is 16.3 Å². The van der Waals surface area contributed by atoms with E-state index in [4.69, 9.17) is 4.42 Å². The molecule has 0 aliphatic rings. The smallest absolute Gasteiger partial charge is 0.265 e. The summed E-state index contributed by atoms with van der Waals surface area (Å²) in [5.41, 5.74) is 2.75. The van der Waals surface area contributed by atoms with E-state index in [0.717, 1.165) is 11.3 Å². The topological polar surface area (TPSA) is 60.9 Å². The molecule has 2 heterocycles. The highest BCUT2D eigenvalue weighted by atomic mass is 16.4. The second kappa shape index (κ2) is 5.60. The maximum Gasteiger partial charge on any atom is 0.265 e. The molecule has 0 spiro atoms. The molecule has 0 fully saturated rings. The van der Waals surface area contributed by atoms with Crippen molar-refractivity contribution < 1.29 is 9.21 Å². The van der Waals surface area contributed by atoms with Crippen molar-refractivity contribution in [2.45, 2.75) is 27.2 Å². The standard InChI is InChI=1S/C17H16N3O2/c1-4-14-18-19-16(22-14)15-11(2)10-12(3)20(15)17(21)13-8-6-5-7-9-13/h5-9H,4H2,1-3H3. The Morgan fingerprint density at radius 3 is 2.59 bits per heavy atom. The molecule has 0 saturated carbocycles. The van der Waals surface area contributed by atoms with Crippen molar-refractivity contribution in [3.8, 4) is 11.6 Å². The van der Waals surface area contributed by atoms with Crippen LogP contribution in [0, 0.1) is 19.9 Å². The molecule has 0 aliphatic heterocycles. The van der Waals surface area contributed by atoms with Crippen molar-refractivity contribution >= 4 is 5.91 Å². The molecule has 5 nitrogen and oxygen atoms in total. The van der Waals surface area contributed by atoms with Gasteiger partial charge < -0.3 is 4.42 Å². The molecule has 3 aromatic rings. The normalized spacial score (nSPS) is 10.9. The number of benzene rings is 1. The van der Waals surface area contributed by atoms with Gasteiger partial charge in [-0.25, -0.2) is 0 Å². The molecule has 5 heteroatoms. The molecular weight excluding hydrogens is 278 g/mol. The lowest BCUT2D eigenvalue weighted by atomic mass is 10.2. The SMILES string of the molecule is CCc1nnc(-c2c(C)[c]c(C)n2C(=O)c2ccccc2)o1. The fraction of sp³-hybridized carbons (Fsp3) is 0.235. The minimum absolute atomic E-state index is 0.131. The van der Waals surface area contributed by atoms with Crippen LogP contribution < -0.4 is 0 Å². The molecular formula is C17H16N3O2. The Labute approximate surface area is 128 Å². The second-order valence-electron chi connectivity index (χ2n) is 5.05. The first-order valence-electron chi connectivity index (χ1n) is 7.15. The Morgan fingerprint density at radius 1 is 1.23 bits per heavy atom. The summed E-state index contributed by atoms with van der Waals surface area (Å²) in [5.74, 6) is 0.767. The van der Waals surface area contributed by atoms with Gasteiger partial charge in [0.25, 0.3) is 11.8 Å². The van der Waals surface area contributed by atoms with Crippen LogP contribution in [-0.4, -0.2) is 20.7 Å². The number of aromatic nitrogens is 3. The van der Waals surface area contributed by atoms with Crippen LogP contribution in [0.4, 0.5) is 0 Å². The molecule has 0 amide bonds. The zero-order valence-corrected chi connectivity index (χ0v) is 12.8. The van der Waals surface area contributed by atoms with E-state index >= 15 is 0 Å². The fourth-order valence-corrected chi connectivity index (χ4v) is 2.43. The van der Waals surface area contributed by atoms with Gasteiger partial charge in [-0.05, 0) is 31.5 Å². The Bertz CT molecular complexity index is 816. The molecule has 0 N–H and O–H groups in total. The lowest BCUT2D eigenvalue weighted by molar-refractivity contribution is 0.0959. The first-order chi connectivity index (χ1) is 10.6. The number of carbonyl (C=O) groups is 1. The van der Waals surface area contributed by atoms with Crippen molar-refractivity contribution in [3.63, 3.8) is 0 Å². The Morgan fingerprint density at radius 2 is 1.95 bits per heavy atom. The van der Waals surface area contributed by atoms with Crippen molar-refractivity contribution in [1.82, 2.24) is 14.8 Å². The molecule has 0 bridgehead atoms. The first-order valence-corrected chi connectivity index (χ1v) is 7.15. The molecule has 0 aliphatic carbocycles. The van der Waals surface area contributed by atoms with Gasteiger partial charge in [0.15, 0.2) is 0 Å². The monoisotopic (exact) mass is 294 g/mol. The zero-order chi connectivity index (χ0) is 15.7. The highest BCUT2D eigenvalue weighted by molar-refractivity contribution is 5.99. The van der Waals surface area contributed by atoms with E-state index in [1.54, 1.807) is 16.7 Å². The average molecular weight is 294 g/mol. The van der Waals surface area contributed by atoms with Gasteiger partial charge in [-0.15, -0.1) is 10.2 Å². The molecule has 22 heavy (non-hydrogen) atoms. The summed E-state index contributed by atoms with van der Waals surface area (Å²) in [6.45, 7) is 5.66. The van der Waals surface area contributed by atoms with E-state index in [0.29, 0.717) is 29.5 Å². The Balaban J connectivity index is 2.14. The minimum atomic E-state index is -0.131. The van der Waals surface area contributed by atoms with Crippen LogP contribution in [0.2, 0.25) is 0 Å². The molecule has 0 unspecified atom stereocenters. The van der Waals surface area contributed by atoms with Gasteiger partial charge in [0.05, 0.1) is 0 Å². The van der Waals surface area contributed by atoms with Crippen LogP contribution >= 0.6 is 0 Å². The molecule has 1 radical (unpaired) electrons. The third kappa shape index (κ3) is 2.35. The molecule has 0 atom stereocenters. The van der Waals surface area contributed by atoms with Crippen LogP contribution in [0.5, 0.6) is 0 Å². The summed E-state index contributed by atoms with van der Waals surface area (Å²) >= 11 is 0. The number of hydrogen-bond donors (Lipinski definition) is 0. The van der Waals surface area contributed by atoms with Crippen molar-refractivity contribution in [2.75, 3.05) is 0 Å². The van der Waals surface area contributed by atoms with E-state index < -0.39 is 0 Å². The second-order valence-corrected chi connectivity index (χ2v) is 5.05. The van der Waals surface area contributed by atoms with E-state index in [1.807, 2.05) is 39.0 Å². The van der Waals surface area contributed by atoms with Gasteiger partial charge in [0.2, 0.25) is 5.89 Å². The predicted octanol–water partition coefficient (Wildman–Crippen LogP) is 3.21. The number of carbonyl (C=O) groups excluding carboxylic acids is 1. The van der Waals surface area contributed by atoms with Gasteiger partial charge in [0, 0.05) is 23.7 Å². The number of rotatable bonds is 3.